The van der Waals surface area contributed by atoms with Crippen molar-refractivity contribution in [1.29, 1.82) is 0 Å². The van der Waals surface area contributed by atoms with Crippen molar-refractivity contribution in [2.75, 3.05) is 23.8 Å². The van der Waals surface area contributed by atoms with Crippen molar-refractivity contribution in [3.8, 4) is 11.5 Å². The molecular weight excluding hydrogens is 445 g/mol. The van der Waals surface area contributed by atoms with Crippen LogP contribution in [0.15, 0.2) is 54.7 Å². The molecule has 0 unspecified atom stereocenters. The Labute approximate surface area is 197 Å². The number of nitrogens with one attached hydrogen (secondary N) is 2. The van der Waals surface area contributed by atoms with Crippen LogP contribution in [0.3, 0.4) is 0 Å². The summed E-state index contributed by atoms with van der Waals surface area (Å²) >= 11 is 0. The van der Waals surface area contributed by atoms with E-state index in [0.717, 1.165) is 19.0 Å². The lowest BCUT2D eigenvalue weighted by Gasteiger charge is -2.17. The SMILES string of the molecule is CCCCOc1ccc(Nc2ncc(C(F)(F)F)c(Nc3ccccc3OCC(C)C)n2)cc1. The Morgan fingerprint density at radius 2 is 1.71 bits per heavy atom. The molecule has 0 saturated heterocycles. The van der Waals surface area contributed by atoms with Gasteiger partial charge in [-0.05, 0) is 48.7 Å². The third-order valence-corrected chi connectivity index (χ3v) is 4.68. The average Bonchev–Trinajstić information content (AvgIpc) is 2.79. The van der Waals surface area contributed by atoms with Crippen molar-refractivity contribution in [1.82, 2.24) is 9.97 Å². The zero-order chi connectivity index (χ0) is 24.6. The summed E-state index contributed by atoms with van der Waals surface area (Å²) < 4.78 is 52.3. The van der Waals surface area contributed by atoms with Gasteiger partial charge in [-0.2, -0.15) is 18.2 Å². The van der Waals surface area contributed by atoms with Crippen molar-refractivity contribution in [2.24, 2.45) is 5.92 Å². The number of halogens is 3. The molecule has 1 aromatic heterocycles. The van der Waals surface area contributed by atoms with Crippen molar-refractivity contribution in [3.05, 3.63) is 60.3 Å². The average molecular weight is 475 g/mol. The van der Waals surface area contributed by atoms with E-state index in [4.69, 9.17) is 9.47 Å². The maximum Gasteiger partial charge on any atom is 0.421 e. The second kappa shape index (κ2) is 11.6. The lowest BCUT2D eigenvalue weighted by atomic mass is 10.2. The van der Waals surface area contributed by atoms with Gasteiger partial charge in [0.05, 0.1) is 18.9 Å². The lowest BCUT2D eigenvalue weighted by Crippen LogP contribution is -2.13. The van der Waals surface area contributed by atoms with Crippen molar-refractivity contribution in [3.63, 3.8) is 0 Å². The normalized spacial score (nSPS) is 11.4. The molecule has 2 aromatic carbocycles. The summed E-state index contributed by atoms with van der Waals surface area (Å²) in [4.78, 5) is 7.97. The van der Waals surface area contributed by atoms with Crippen LogP contribution in [0.5, 0.6) is 11.5 Å². The summed E-state index contributed by atoms with van der Waals surface area (Å²) in [5.74, 6) is 1.07. The highest BCUT2D eigenvalue weighted by atomic mass is 19.4. The fraction of sp³-hybridized carbons (Fsp3) is 0.360. The second-order valence-electron chi connectivity index (χ2n) is 8.13. The van der Waals surface area contributed by atoms with Crippen LogP contribution in [0.4, 0.5) is 36.3 Å². The summed E-state index contributed by atoms with van der Waals surface area (Å²) in [7, 11) is 0. The summed E-state index contributed by atoms with van der Waals surface area (Å²) in [5, 5.41) is 5.72. The first-order chi connectivity index (χ1) is 16.3. The molecule has 0 bridgehead atoms. The molecule has 0 atom stereocenters. The molecule has 34 heavy (non-hydrogen) atoms. The first-order valence-electron chi connectivity index (χ1n) is 11.2. The lowest BCUT2D eigenvalue weighted by molar-refractivity contribution is -0.137. The van der Waals surface area contributed by atoms with E-state index in [-0.39, 0.29) is 17.7 Å². The highest BCUT2D eigenvalue weighted by Crippen LogP contribution is 2.37. The molecule has 0 radical (unpaired) electrons. The summed E-state index contributed by atoms with van der Waals surface area (Å²) in [6, 6.07) is 13.9. The monoisotopic (exact) mass is 474 g/mol. The van der Waals surface area contributed by atoms with Crippen molar-refractivity contribution in [2.45, 2.75) is 39.8 Å². The zero-order valence-electron chi connectivity index (χ0n) is 19.4. The van der Waals surface area contributed by atoms with E-state index < -0.39 is 11.7 Å². The zero-order valence-corrected chi connectivity index (χ0v) is 19.4. The number of benzene rings is 2. The summed E-state index contributed by atoms with van der Waals surface area (Å²) in [6.45, 7) is 7.12. The maximum atomic E-state index is 13.7. The quantitative estimate of drug-likeness (QED) is 0.287. The van der Waals surface area contributed by atoms with Gasteiger partial charge in [0, 0.05) is 11.9 Å². The van der Waals surface area contributed by atoms with Gasteiger partial charge in [-0.3, -0.25) is 0 Å². The predicted molar refractivity (Wildman–Crippen MR) is 127 cm³/mol. The Hall–Kier alpha value is -3.49. The number of anilines is 4. The Kier molecular flexibility index (Phi) is 8.56. The van der Waals surface area contributed by atoms with E-state index in [2.05, 4.69) is 27.5 Å². The van der Waals surface area contributed by atoms with Gasteiger partial charge in [-0.25, -0.2) is 4.98 Å². The number of hydrogen-bond donors (Lipinski definition) is 2. The van der Waals surface area contributed by atoms with Gasteiger partial charge in [0.2, 0.25) is 5.95 Å². The minimum absolute atomic E-state index is 0.0238. The minimum Gasteiger partial charge on any atom is -0.494 e. The number of hydrogen-bond acceptors (Lipinski definition) is 6. The third kappa shape index (κ3) is 7.26. The number of unbranched alkanes of at least 4 members (excludes halogenated alkanes) is 1. The molecule has 9 heteroatoms. The van der Waals surface area contributed by atoms with Gasteiger partial charge in [-0.15, -0.1) is 0 Å². The number of nitrogens with zero attached hydrogens (tertiary/aromatic N) is 2. The second-order valence-corrected chi connectivity index (χ2v) is 8.13. The minimum atomic E-state index is -4.63. The predicted octanol–water partition coefficient (Wildman–Crippen LogP) is 7.20. The number of alkyl halides is 3. The standard InChI is InChI=1S/C25H29F3N4O2/c1-4-5-14-33-19-12-10-18(11-13-19)30-24-29-15-20(25(26,27)28)23(32-24)31-21-8-6-7-9-22(21)34-16-17(2)3/h6-13,15,17H,4-5,14,16H2,1-3H3,(H2,29,30,31,32). The first-order valence-corrected chi connectivity index (χ1v) is 11.2. The smallest absolute Gasteiger partial charge is 0.421 e. The van der Waals surface area contributed by atoms with Crippen LogP contribution >= 0.6 is 0 Å². The van der Waals surface area contributed by atoms with E-state index in [1.54, 1.807) is 48.5 Å². The molecule has 182 valence electrons. The molecule has 3 rings (SSSR count). The third-order valence-electron chi connectivity index (χ3n) is 4.68. The molecule has 0 aliphatic rings. The van der Waals surface area contributed by atoms with E-state index in [1.165, 1.54) is 0 Å². The number of rotatable bonds is 11. The molecule has 0 fully saturated rings. The van der Waals surface area contributed by atoms with Crippen LogP contribution in [0, 0.1) is 5.92 Å². The molecule has 0 amide bonds. The molecule has 0 spiro atoms. The van der Waals surface area contributed by atoms with Gasteiger partial charge in [0.25, 0.3) is 0 Å². The number of aromatic nitrogens is 2. The van der Waals surface area contributed by atoms with Gasteiger partial charge < -0.3 is 20.1 Å². The Morgan fingerprint density at radius 3 is 2.38 bits per heavy atom. The molecule has 1 heterocycles. The molecular formula is C25H29F3N4O2. The molecule has 0 aliphatic carbocycles. The van der Waals surface area contributed by atoms with Crippen molar-refractivity contribution >= 4 is 23.1 Å². The van der Waals surface area contributed by atoms with E-state index in [1.807, 2.05) is 13.8 Å². The highest BCUT2D eigenvalue weighted by Gasteiger charge is 2.35. The van der Waals surface area contributed by atoms with Gasteiger partial charge >= 0.3 is 6.18 Å². The number of para-hydroxylation sites is 2. The summed E-state index contributed by atoms with van der Waals surface area (Å²) in [5.41, 5.74) is 0.0254. The van der Waals surface area contributed by atoms with Crippen LogP contribution < -0.4 is 20.1 Å². The maximum absolute atomic E-state index is 13.7. The van der Waals surface area contributed by atoms with Gasteiger partial charge in [0.15, 0.2) is 0 Å². The van der Waals surface area contributed by atoms with Crippen LogP contribution in [0.25, 0.3) is 0 Å². The molecule has 0 aliphatic heterocycles. The number of ether oxygens (including phenoxy) is 2. The molecule has 3 aromatic rings. The molecule has 2 N–H and O–H groups in total. The van der Waals surface area contributed by atoms with Gasteiger partial charge in [0.1, 0.15) is 22.9 Å². The van der Waals surface area contributed by atoms with E-state index in [0.29, 0.717) is 36.1 Å². The Bertz CT molecular complexity index is 1060. The molecule has 6 nitrogen and oxygen atoms in total. The van der Waals surface area contributed by atoms with E-state index >= 15 is 0 Å². The van der Waals surface area contributed by atoms with Crippen LogP contribution in [0.2, 0.25) is 0 Å². The Morgan fingerprint density at radius 1 is 0.971 bits per heavy atom. The van der Waals surface area contributed by atoms with Crippen LogP contribution in [-0.2, 0) is 6.18 Å². The van der Waals surface area contributed by atoms with Crippen LogP contribution in [-0.4, -0.2) is 23.2 Å². The Balaban J connectivity index is 1.82. The van der Waals surface area contributed by atoms with Gasteiger partial charge in [-0.1, -0.05) is 39.3 Å². The fourth-order valence-electron chi connectivity index (χ4n) is 2.92. The highest BCUT2D eigenvalue weighted by molar-refractivity contribution is 5.67. The van der Waals surface area contributed by atoms with E-state index in [9.17, 15) is 13.2 Å². The molecule has 0 saturated carbocycles. The topological polar surface area (TPSA) is 68.3 Å². The first kappa shape index (κ1) is 25.1. The largest absolute Gasteiger partial charge is 0.494 e. The fourth-order valence-corrected chi connectivity index (χ4v) is 2.92. The van der Waals surface area contributed by atoms with Crippen molar-refractivity contribution < 1.29 is 22.6 Å². The summed E-state index contributed by atoms with van der Waals surface area (Å²) in [6.07, 6.45) is -1.88. The van der Waals surface area contributed by atoms with Crippen LogP contribution in [0.1, 0.15) is 39.2 Å².